The number of nitrogens with two attached hydrogens (primary N) is 1. The molecule has 0 fully saturated rings. The Kier molecular flexibility index (Phi) is 6.51. The first-order valence-electron chi connectivity index (χ1n) is 6.51. The van der Waals surface area contributed by atoms with Crippen molar-refractivity contribution >= 4 is 5.91 Å². The summed E-state index contributed by atoms with van der Waals surface area (Å²) < 4.78 is 36.5. The standard InChI is InChI=1S/C14H19F3N2O/c15-14(16,17)8-7-13(20)19(10-4-9-18)11-12-5-2-1-3-6-12/h1-3,5-6H,4,7-11,18H2. The Labute approximate surface area is 116 Å². The Morgan fingerprint density at radius 1 is 1.20 bits per heavy atom. The number of alkyl halides is 3. The van der Waals surface area contributed by atoms with Gasteiger partial charge < -0.3 is 10.6 Å². The van der Waals surface area contributed by atoms with Gasteiger partial charge in [0.05, 0.1) is 6.42 Å². The molecule has 0 aliphatic heterocycles. The van der Waals surface area contributed by atoms with Crippen molar-refractivity contribution in [2.24, 2.45) is 5.73 Å². The Morgan fingerprint density at radius 2 is 1.85 bits per heavy atom. The number of hydrogen-bond donors (Lipinski definition) is 1. The van der Waals surface area contributed by atoms with Crippen molar-refractivity contribution in [3.63, 3.8) is 0 Å². The van der Waals surface area contributed by atoms with Crippen molar-refractivity contribution in [2.75, 3.05) is 13.1 Å². The lowest BCUT2D eigenvalue weighted by Gasteiger charge is -2.23. The second-order valence-corrected chi connectivity index (χ2v) is 4.56. The molecule has 0 spiro atoms. The summed E-state index contributed by atoms with van der Waals surface area (Å²) in [6, 6.07) is 9.19. The third-order valence-electron chi connectivity index (χ3n) is 2.82. The van der Waals surface area contributed by atoms with Crippen LogP contribution in [0.25, 0.3) is 0 Å². The van der Waals surface area contributed by atoms with Crippen LogP contribution in [0.2, 0.25) is 0 Å². The predicted octanol–water partition coefficient (Wildman–Crippen LogP) is 2.71. The summed E-state index contributed by atoms with van der Waals surface area (Å²) in [5.74, 6) is -0.486. The number of amides is 1. The van der Waals surface area contributed by atoms with Crippen LogP contribution in [0, 0.1) is 0 Å². The van der Waals surface area contributed by atoms with Gasteiger partial charge in [-0.2, -0.15) is 13.2 Å². The lowest BCUT2D eigenvalue weighted by molar-refractivity contribution is -0.149. The van der Waals surface area contributed by atoms with Gasteiger partial charge in [0, 0.05) is 19.5 Å². The highest BCUT2D eigenvalue weighted by Gasteiger charge is 2.29. The predicted molar refractivity (Wildman–Crippen MR) is 70.8 cm³/mol. The number of hydrogen-bond acceptors (Lipinski definition) is 2. The second kappa shape index (κ2) is 7.89. The summed E-state index contributed by atoms with van der Waals surface area (Å²) >= 11 is 0. The van der Waals surface area contributed by atoms with Crippen molar-refractivity contribution in [2.45, 2.75) is 32.0 Å². The molecule has 1 aromatic carbocycles. The first kappa shape index (κ1) is 16.5. The maximum atomic E-state index is 12.2. The largest absolute Gasteiger partial charge is 0.389 e. The van der Waals surface area contributed by atoms with E-state index in [0.717, 1.165) is 5.56 Å². The molecular weight excluding hydrogens is 269 g/mol. The molecule has 0 saturated heterocycles. The molecule has 20 heavy (non-hydrogen) atoms. The molecule has 0 radical (unpaired) electrons. The van der Waals surface area contributed by atoms with Gasteiger partial charge in [0.2, 0.25) is 5.91 Å². The van der Waals surface area contributed by atoms with Crippen LogP contribution in [-0.4, -0.2) is 30.1 Å². The Hall–Kier alpha value is -1.56. The van der Waals surface area contributed by atoms with E-state index >= 15 is 0 Å². The lowest BCUT2D eigenvalue weighted by Crippen LogP contribution is -2.33. The van der Waals surface area contributed by atoms with Crippen LogP contribution in [-0.2, 0) is 11.3 Å². The highest BCUT2D eigenvalue weighted by Crippen LogP contribution is 2.22. The summed E-state index contributed by atoms with van der Waals surface area (Å²) in [6.45, 7) is 1.09. The number of benzene rings is 1. The summed E-state index contributed by atoms with van der Waals surface area (Å²) in [6.07, 6.45) is -5.33. The molecule has 3 nitrogen and oxygen atoms in total. The van der Waals surface area contributed by atoms with Crippen molar-refractivity contribution in [1.29, 1.82) is 0 Å². The molecule has 1 rings (SSSR count). The van der Waals surface area contributed by atoms with E-state index in [1.54, 1.807) is 0 Å². The average molecular weight is 288 g/mol. The highest BCUT2D eigenvalue weighted by atomic mass is 19.4. The number of nitrogens with zero attached hydrogens (tertiary/aromatic N) is 1. The van der Waals surface area contributed by atoms with Crippen molar-refractivity contribution < 1.29 is 18.0 Å². The molecule has 0 unspecified atom stereocenters. The topological polar surface area (TPSA) is 46.3 Å². The Balaban J connectivity index is 2.61. The van der Waals surface area contributed by atoms with Crippen LogP contribution in [0.5, 0.6) is 0 Å². The minimum atomic E-state index is -4.30. The zero-order valence-electron chi connectivity index (χ0n) is 11.2. The first-order chi connectivity index (χ1) is 9.42. The van der Waals surface area contributed by atoms with Crippen molar-refractivity contribution in [3.05, 3.63) is 35.9 Å². The number of carbonyl (C=O) groups excluding carboxylic acids is 1. The van der Waals surface area contributed by atoms with Gasteiger partial charge in [-0.1, -0.05) is 30.3 Å². The van der Waals surface area contributed by atoms with Gasteiger partial charge in [-0.15, -0.1) is 0 Å². The smallest absolute Gasteiger partial charge is 0.338 e. The Bertz CT molecular complexity index is 407. The minimum Gasteiger partial charge on any atom is -0.338 e. The fraction of sp³-hybridized carbons (Fsp3) is 0.500. The van der Waals surface area contributed by atoms with Gasteiger partial charge in [-0.25, -0.2) is 0 Å². The van der Waals surface area contributed by atoms with E-state index in [1.165, 1.54) is 4.90 Å². The highest BCUT2D eigenvalue weighted by molar-refractivity contribution is 5.76. The van der Waals surface area contributed by atoms with Crippen LogP contribution in [0.4, 0.5) is 13.2 Å². The fourth-order valence-electron chi connectivity index (χ4n) is 1.78. The number of rotatable bonds is 7. The normalized spacial score (nSPS) is 11.4. The van der Waals surface area contributed by atoms with E-state index in [2.05, 4.69) is 0 Å². The SMILES string of the molecule is NCCCN(Cc1ccccc1)C(=O)CCC(F)(F)F. The maximum absolute atomic E-state index is 12.2. The van der Waals surface area contributed by atoms with Crippen LogP contribution < -0.4 is 5.73 Å². The molecule has 0 aliphatic rings. The first-order valence-corrected chi connectivity index (χ1v) is 6.51. The van der Waals surface area contributed by atoms with E-state index in [4.69, 9.17) is 5.73 Å². The van der Waals surface area contributed by atoms with E-state index in [-0.39, 0.29) is 0 Å². The van der Waals surface area contributed by atoms with Crippen molar-refractivity contribution in [1.82, 2.24) is 4.90 Å². The summed E-state index contributed by atoms with van der Waals surface area (Å²) in [7, 11) is 0. The monoisotopic (exact) mass is 288 g/mol. The second-order valence-electron chi connectivity index (χ2n) is 4.56. The van der Waals surface area contributed by atoms with E-state index in [1.807, 2.05) is 30.3 Å². The van der Waals surface area contributed by atoms with Crippen LogP contribution >= 0.6 is 0 Å². The van der Waals surface area contributed by atoms with Gasteiger partial charge >= 0.3 is 6.18 Å². The molecule has 1 aromatic rings. The average Bonchev–Trinajstić information content (AvgIpc) is 2.41. The number of halogens is 3. The zero-order chi connectivity index (χ0) is 15.0. The van der Waals surface area contributed by atoms with Gasteiger partial charge in [-0.3, -0.25) is 4.79 Å². The van der Waals surface area contributed by atoms with E-state index in [0.29, 0.717) is 26.1 Å². The summed E-state index contributed by atoms with van der Waals surface area (Å²) in [5.41, 5.74) is 6.29. The third kappa shape index (κ3) is 6.56. The molecule has 112 valence electrons. The lowest BCUT2D eigenvalue weighted by atomic mass is 10.2. The maximum Gasteiger partial charge on any atom is 0.389 e. The van der Waals surface area contributed by atoms with Gasteiger partial charge in [-0.05, 0) is 18.5 Å². The molecule has 1 amide bonds. The van der Waals surface area contributed by atoms with Crippen LogP contribution in [0.3, 0.4) is 0 Å². The zero-order valence-corrected chi connectivity index (χ0v) is 11.2. The Morgan fingerprint density at radius 3 is 2.40 bits per heavy atom. The van der Waals surface area contributed by atoms with E-state index < -0.39 is 24.9 Å². The van der Waals surface area contributed by atoms with Gasteiger partial charge in [0.25, 0.3) is 0 Å². The van der Waals surface area contributed by atoms with Crippen LogP contribution in [0.15, 0.2) is 30.3 Å². The molecule has 0 aromatic heterocycles. The number of carbonyl (C=O) groups is 1. The molecule has 0 saturated carbocycles. The molecule has 0 heterocycles. The third-order valence-corrected chi connectivity index (χ3v) is 2.82. The van der Waals surface area contributed by atoms with Gasteiger partial charge in [0.15, 0.2) is 0 Å². The minimum absolute atomic E-state index is 0.317. The fourth-order valence-corrected chi connectivity index (χ4v) is 1.78. The quantitative estimate of drug-likeness (QED) is 0.838. The molecule has 6 heteroatoms. The summed E-state index contributed by atoms with van der Waals surface area (Å²) in [4.78, 5) is 13.3. The van der Waals surface area contributed by atoms with Gasteiger partial charge in [0.1, 0.15) is 0 Å². The molecule has 0 bridgehead atoms. The molecule has 0 atom stereocenters. The summed E-state index contributed by atoms with van der Waals surface area (Å²) in [5, 5.41) is 0. The molecule has 0 aliphatic carbocycles. The van der Waals surface area contributed by atoms with E-state index in [9.17, 15) is 18.0 Å². The van der Waals surface area contributed by atoms with Crippen molar-refractivity contribution in [3.8, 4) is 0 Å². The van der Waals surface area contributed by atoms with Crippen LogP contribution in [0.1, 0.15) is 24.8 Å². The molecular formula is C14H19F3N2O. The molecule has 2 N–H and O–H groups in total.